The maximum Gasteiger partial charge on any atom is 0.451 e. The predicted octanol–water partition coefficient (Wildman–Crippen LogP) is 2.73. The summed E-state index contributed by atoms with van der Waals surface area (Å²) < 4.78 is 79.3. The third-order valence-corrected chi connectivity index (χ3v) is 8.72. The largest absolute Gasteiger partial charge is 0.451 e. The highest BCUT2D eigenvalue weighted by Gasteiger charge is 2.58. The summed E-state index contributed by atoms with van der Waals surface area (Å²) in [7, 11) is -4.08. The molecule has 5 rings (SSSR count). The van der Waals surface area contributed by atoms with Gasteiger partial charge in [-0.1, -0.05) is 6.07 Å². The molecular weight excluding hydrogens is 542 g/mol. The maximum atomic E-state index is 13.3. The Balaban J connectivity index is 1.37. The van der Waals surface area contributed by atoms with Crippen LogP contribution in [0.15, 0.2) is 59.8 Å². The summed E-state index contributed by atoms with van der Waals surface area (Å²) in [6.45, 7) is -0.0524. The molecule has 3 aromatic rings. The van der Waals surface area contributed by atoms with Crippen LogP contribution in [0.4, 0.5) is 17.6 Å². The number of amides is 2. The lowest BCUT2D eigenvalue weighted by Gasteiger charge is -2.26. The molecule has 14 heteroatoms. The molecule has 3 atom stereocenters. The van der Waals surface area contributed by atoms with E-state index in [0.29, 0.717) is 12.0 Å². The molecule has 9 nitrogen and oxygen atoms in total. The van der Waals surface area contributed by atoms with Crippen molar-refractivity contribution in [3.8, 4) is 11.1 Å². The van der Waals surface area contributed by atoms with E-state index in [2.05, 4.69) is 15.3 Å². The summed E-state index contributed by atoms with van der Waals surface area (Å²) in [5, 5.41) is 2.67. The van der Waals surface area contributed by atoms with Gasteiger partial charge in [-0.05, 0) is 65.8 Å². The van der Waals surface area contributed by atoms with Crippen LogP contribution in [0.25, 0.3) is 11.1 Å². The number of nitrogens with two attached hydrogens (primary N) is 1. The van der Waals surface area contributed by atoms with Crippen molar-refractivity contribution in [3.63, 3.8) is 0 Å². The van der Waals surface area contributed by atoms with Crippen molar-refractivity contribution in [2.45, 2.75) is 30.1 Å². The van der Waals surface area contributed by atoms with Gasteiger partial charge in [0.1, 0.15) is 11.9 Å². The summed E-state index contributed by atoms with van der Waals surface area (Å²) in [5.41, 5.74) is 6.42. The number of primary amides is 1. The second-order valence-corrected chi connectivity index (χ2v) is 11.3. The Bertz CT molecular complexity index is 1550. The Hall–Kier alpha value is -3.91. The van der Waals surface area contributed by atoms with E-state index >= 15 is 0 Å². The van der Waals surface area contributed by atoms with Crippen molar-refractivity contribution in [3.05, 3.63) is 77.6 Å². The van der Waals surface area contributed by atoms with E-state index in [-0.39, 0.29) is 46.5 Å². The van der Waals surface area contributed by atoms with E-state index in [0.717, 1.165) is 41.0 Å². The van der Waals surface area contributed by atoms with Crippen LogP contribution < -0.4 is 11.1 Å². The molecule has 1 unspecified atom stereocenters. The van der Waals surface area contributed by atoms with Gasteiger partial charge in [0, 0.05) is 36.6 Å². The fourth-order valence-corrected chi connectivity index (χ4v) is 6.50. The van der Waals surface area contributed by atoms with Crippen LogP contribution in [0.2, 0.25) is 0 Å². The lowest BCUT2D eigenvalue weighted by molar-refractivity contribution is -0.145. The summed E-state index contributed by atoms with van der Waals surface area (Å²) in [6, 6.07) is 7.63. The summed E-state index contributed by atoms with van der Waals surface area (Å²) in [4.78, 5) is 31.8. The topological polar surface area (TPSA) is 135 Å². The van der Waals surface area contributed by atoms with Crippen LogP contribution in [-0.4, -0.2) is 47.1 Å². The van der Waals surface area contributed by atoms with Crippen LogP contribution >= 0.6 is 0 Å². The number of rotatable bonds is 7. The van der Waals surface area contributed by atoms with Crippen LogP contribution in [0.1, 0.15) is 28.2 Å². The smallest absolute Gasteiger partial charge is 0.366 e. The zero-order valence-electron chi connectivity index (χ0n) is 20.0. The minimum atomic E-state index is -4.71. The van der Waals surface area contributed by atoms with Crippen molar-refractivity contribution >= 4 is 21.8 Å². The molecule has 0 radical (unpaired) electrons. The number of hydrogen-bond donors (Lipinski definition) is 2. The molecule has 204 valence electrons. The van der Waals surface area contributed by atoms with Crippen LogP contribution in [0.5, 0.6) is 0 Å². The molecular formula is C25H21F4N5O4S. The van der Waals surface area contributed by atoms with Crippen LogP contribution in [0, 0.1) is 17.7 Å². The van der Waals surface area contributed by atoms with Gasteiger partial charge in [-0.25, -0.2) is 22.8 Å². The number of carbonyl (C=O) groups excluding carboxylic acids is 2. The molecule has 2 aromatic carbocycles. The molecule has 2 fully saturated rings. The fourth-order valence-electron chi connectivity index (χ4n) is 4.81. The number of nitrogens with zero attached hydrogens (tertiary/aromatic N) is 3. The molecule has 2 amide bonds. The number of fused-ring (bicyclic) bond motifs is 1. The molecule has 1 saturated heterocycles. The minimum Gasteiger partial charge on any atom is -0.366 e. The first kappa shape index (κ1) is 26.7. The predicted molar refractivity (Wildman–Crippen MR) is 129 cm³/mol. The quantitative estimate of drug-likeness (QED) is 0.425. The van der Waals surface area contributed by atoms with Crippen molar-refractivity contribution in [1.82, 2.24) is 19.6 Å². The second kappa shape index (κ2) is 9.68. The average molecular weight is 564 g/mol. The molecule has 1 aliphatic heterocycles. The summed E-state index contributed by atoms with van der Waals surface area (Å²) in [5.74, 6) is -3.42. The van der Waals surface area contributed by atoms with E-state index in [4.69, 9.17) is 5.73 Å². The van der Waals surface area contributed by atoms with Crippen LogP contribution in [-0.2, 0) is 27.5 Å². The first-order chi connectivity index (χ1) is 18.4. The maximum absolute atomic E-state index is 13.3. The van der Waals surface area contributed by atoms with Gasteiger partial charge in [-0.15, -0.1) is 0 Å². The number of aromatic nitrogens is 2. The van der Waals surface area contributed by atoms with Crippen molar-refractivity contribution in [1.29, 1.82) is 0 Å². The van der Waals surface area contributed by atoms with Gasteiger partial charge in [0.25, 0.3) is 0 Å². The zero-order valence-corrected chi connectivity index (χ0v) is 20.8. The third-order valence-electron chi connectivity index (χ3n) is 6.86. The highest BCUT2D eigenvalue weighted by molar-refractivity contribution is 7.89. The SMILES string of the molecule is NC(=O)c1ccc(-c2cnc(C(F)(F)F)nc2)cc1CNC(=O)[C@@H]1C2C[C@H]2CN1S(=O)(=O)c1ccc(F)cc1. The summed E-state index contributed by atoms with van der Waals surface area (Å²) >= 11 is 0. The number of halogens is 4. The molecule has 39 heavy (non-hydrogen) atoms. The molecule has 2 heterocycles. The van der Waals surface area contributed by atoms with E-state index in [1.807, 2.05) is 0 Å². The first-order valence-electron chi connectivity index (χ1n) is 11.7. The minimum absolute atomic E-state index is 0.0279. The monoisotopic (exact) mass is 563 g/mol. The molecule has 0 bridgehead atoms. The summed E-state index contributed by atoms with van der Waals surface area (Å²) in [6.07, 6.45) is -2.05. The highest BCUT2D eigenvalue weighted by atomic mass is 32.2. The van der Waals surface area contributed by atoms with Gasteiger partial charge in [-0.2, -0.15) is 17.5 Å². The lowest BCUT2D eigenvalue weighted by atomic mass is 10.00. The van der Waals surface area contributed by atoms with E-state index < -0.39 is 45.7 Å². The van der Waals surface area contributed by atoms with Gasteiger partial charge >= 0.3 is 6.18 Å². The average Bonchev–Trinajstić information content (AvgIpc) is 3.55. The van der Waals surface area contributed by atoms with Crippen LogP contribution in [0.3, 0.4) is 0 Å². The normalized spacial score (nSPS) is 20.9. The third kappa shape index (κ3) is 5.21. The Kier molecular flexibility index (Phi) is 6.63. The highest BCUT2D eigenvalue weighted by Crippen LogP contribution is 2.51. The van der Waals surface area contributed by atoms with Gasteiger partial charge in [0.05, 0.1) is 4.90 Å². The Morgan fingerprint density at radius 2 is 1.72 bits per heavy atom. The Morgan fingerprint density at radius 3 is 2.33 bits per heavy atom. The van der Waals surface area contributed by atoms with E-state index in [1.54, 1.807) is 0 Å². The number of alkyl halides is 3. The van der Waals surface area contributed by atoms with Gasteiger partial charge in [0.15, 0.2) is 0 Å². The molecule has 3 N–H and O–H groups in total. The van der Waals surface area contributed by atoms with Gasteiger partial charge < -0.3 is 11.1 Å². The Morgan fingerprint density at radius 1 is 1.05 bits per heavy atom. The number of piperidine rings is 1. The standard InChI is InChI=1S/C25H21F4N5O4S/c26-17-2-4-18(5-3-17)39(37,38)34-12-15-8-20(15)21(34)23(36)31-9-14-7-13(1-6-19(14)22(30)35)16-10-32-24(33-11-16)25(27,28)29/h1-7,10-11,15,20-21H,8-9,12H2,(H2,30,35)(H,31,36)/t15-,20?,21-/m0/s1. The van der Waals surface area contributed by atoms with Gasteiger partial charge in [-0.3, -0.25) is 9.59 Å². The lowest BCUT2D eigenvalue weighted by Crippen LogP contribution is -2.48. The molecule has 1 saturated carbocycles. The number of nitrogens with one attached hydrogen (secondary N) is 1. The fraction of sp³-hybridized carbons (Fsp3) is 0.280. The Labute approximate surface area is 220 Å². The van der Waals surface area contributed by atoms with E-state index in [1.165, 1.54) is 18.2 Å². The van der Waals surface area contributed by atoms with E-state index in [9.17, 15) is 35.6 Å². The van der Waals surface area contributed by atoms with Crippen molar-refractivity contribution < 1.29 is 35.6 Å². The number of hydrogen-bond acceptors (Lipinski definition) is 6. The second-order valence-electron chi connectivity index (χ2n) is 9.38. The van der Waals surface area contributed by atoms with Crippen molar-refractivity contribution in [2.75, 3.05) is 6.54 Å². The number of sulfonamides is 1. The number of carbonyl (C=O) groups is 2. The molecule has 1 aliphatic carbocycles. The number of benzene rings is 2. The molecule has 0 spiro atoms. The first-order valence-corrected chi connectivity index (χ1v) is 13.2. The molecule has 1 aromatic heterocycles. The van der Waals surface area contributed by atoms with Crippen molar-refractivity contribution in [2.24, 2.45) is 17.6 Å². The zero-order chi connectivity index (χ0) is 28.1. The van der Waals surface area contributed by atoms with Gasteiger partial charge in [0.2, 0.25) is 27.7 Å². The molecule has 2 aliphatic rings.